The molecule has 1 unspecified atom stereocenters. The SMILES string of the molecule is CCc1ccc(CN(C(=O)c2ccccc2OC)C2CCS(=O)(=O)C2)cc1. The molecule has 2 aromatic rings. The summed E-state index contributed by atoms with van der Waals surface area (Å²) in [6.07, 6.45) is 1.42. The molecule has 1 fully saturated rings. The quantitative estimate of drug-likeness (QED) is 0.764. The minimum atomic E-state index is -3.10. The number of nitrogens with zero attached hydrogens (tertiary/aromatic N) is 1. The zero-order chi connectivity index (χ0) is 19.4. The first kappa shape index (κ1) is 19.4. The van der Waals surface area contributed by atoms with Gasteiger partial charge in [-0.25, -0.2) is 8.42 Å². The van der Waals surface area contributed by atoms with Gasteiger partial charge in [-0.15, -0.1) is 0 Å². The summed E-state index contributed by atoms with van der Waals surface area (Å²) in [5.74, 6) is 0.437. The van der Waals surface area contributed by atoms with Gasteiger partial charge in [0.2, 0.25) is 0 Å². The van der Waals surface area contributed by atoms with Gasteiger partial charge in [0.15, 0.2) is 9.84 Å². The van der Waals surface area contributed by atoms with Gasteiger partial charge in [-0.3, -0.25) is 4.79 Å². The second-order valence-electron chi connectivity index (χ2n) is 6.86. The maximum Gasteiger partial charge on any atom is 0.258 e. The Morgan fingerprint density at radius 3 is 2.37 bits per heavy atom. The van der Waals surface area contributed by atoms with Crippen LogP contribution in [0, 0.1) is 0 Å². The molecule has 1 amide bonds. The second kappa shape index (κ2) is 8.13. The number of aryl methyl sites for hydroxylation is 1. The molecule has 0 aromatic heterocycles. The van der Waals surface area contributed by atoms with Crippen molar-refractivity contribution in [3.63, 3.8) is 0 Å². The first-order chi connectivity index (χ1) is 12.9. The second-order valence-corrected chi connectivity index (χ2v) is 9.09. The Morgan fingerprint density at radius 2 is 1.78 bits per heavy atom. The van der Waals surface area contributed by atoms with Crippen molar-refractivity contribution in [2.45, 2.75) is 32.4 Å². The minimum Gasteiger partial charge on any atom is -0.496 e. The summed E-state index contributed by atoms with van der Waals surface area (Å²) >= 11 is 0. The van der Waals surface area contributed by atoms with Gasteiger partial charge in [-0.1, -0.05) is 43.3 Å². The van der Waals surface area contributed by atoms with Crippen LogP contribution in [0.5, 0.6) is 5.75 Å². The van der Waals surface area contributed by atoms with E-state index in [1.54, 1.807) is 23.1 Å². The van der Waals surface area contributed by atoms with E-state index in [9.17, 15) is 13.2 Å². The highest BCUT2D eigenvalue weighted by Crippen LogP contribution is 2.26. The van der Waals surface area contributed by atoms with Crippen molar-refractivity contribution in [2.75, 3.05) is 18.6 Å². The number of methoxy groups -OCH3 is 1. The lowest BCUT2D eigenvalue weighted by molar-refractivity contribution is 0.0677. The van der Waals surface area contributed by atoms with Crippen molar-refractivity contribution < 1.29 is 17.9 Å². The van der Waals surface area contributed by atoms with E-state index in [2.05, 4.69) is 6.92 Å². The molecule has 0 aliphatic carbocycles. The number of carbonyl (C=O) groups is 1. The van der Waals surface area contributed by atoms with E-state index in [4.69, 9.17) is 4.74 Å². The average Bonchev–Trinajstić information content (AvgIpc) is 3.05. The maximum atomic E-state index is 13.3. The molecule has 1 atom stereocenters. The molecule has 0 spiro atoms. The standard InChI is InChI=1S/C21H25NO4S/c1-3-16-8-10-17(11-9-16)14-22(18-12-13-27(24,25)15-18)21(23)19-6-4-5-7-20(19)26-2/h4-11,18H,3,12-15H2,1-2H3. The van der Waals surface area contributed by atoms with E-state index in [0.717, 1.165) is 12.0 Å². The molecule has 1 aliphatic heterocycles. The molecule has 0 bridgehead atoms. The van der Waals surface area contributed by atoms with Crippen LogP contribution in [0.15, 0.2) is 48.5 Å². The fourth-order valence-corrected chi connectivity index (χ4v) is 5.17. The Kier molecular flexibility index (Phi) is 5.85. The Balaban J connectivity index is 1.92. The summed E-state index contributed by atoms with van der Waals surface area (Å²) in [6.45, 7) is 2.47. The lowest BCUT2D eigenvalue weighted by Gasteiger charge is -2.29. The van der Waals surface area contributed by atoms with Gasteiger partial charge in [0.25, 0.3) is 5.91 Å². The van der Waals surface area contributed by atoms with Crippen molar-refractivity contribution in [1.29, 1.82) is 0 Å². The van der Waals surface area contributed by atoms with Gasteiger partial charge in [0.05, 0.1) is 24.2 Å². The Hall–Kier alpha value is -2.34. The summed E-state index contributed by atoms with van der Waals surface area (Å²) in [6, 6.07) is 14.8. The monoisotopic (exact) mass is 387 g/mol. The molecule has 6 heteroatoms. The Labute approximate surface area is 160 Å². The number of hydrogen-bond donors (Lipinski definition) is 0. The molecule has 1 saturated heterocycles. The lowest BCUT2D eigenvalue weighted by atomic mass is 10.1. The van der Waals surface area contributed by atoms with E-state index in [-0.39, 0.29) is 23.5 Å². The first-order valence-electron chi connectivity index (χ1n) is 9.15. The number of carbonyl (C=O) groups excluding carboxylic acids is 1. The maximum absolute atomic E-state index is 13.3. The van der Waals surface area contributed by atoms with Gasteiger partial charge in [-0.05, 0) is 36.1 Å². The normalized spacial score (nSPS) is 18.2. The summed E-state index contributed by atoms with van der Waals surface area (Å²) in [7, 11) is -1.57. The number of benzene rings is 2. The van der Waals surface area contributed by atoms with Gasteiger partial charge in [-0.2, -0.15) is 0 Å². The predicted octanol–water partition coefficient (Wildman–Crippen LogP) is 3.09. The van der Waals surface area contributed by atoms with Gasteiger partial charge >= 0.3 is 0 Å². The molecule has 1 aliphatic rings. The molecule has 0 saturated carbocycles. The van der Waals surface area contributed by atoms with Gasteiger partial charge < -0.3 is 9.64 Å². The van der Waals surface area contributed by atoms with Crippen molar-refractivity contribution in [1.82, 2.24) is 4.90 Å². The van der Waals surface area contributed by atoms with Crippen molar-refractivity contribution in [3.05, 3.63) is 65.2 Å². The topological polar surface area (TPSA) is 63.7 Å². The zero-order valence-corrected chi connectivity index (χ0v) is 16.5. The third-order valence-electron chi connectivity index (χ3n) is 5.03. The third-order valence-corrected chi connectivity index (χ3v) is 6.78. The van der Waals surface area contributed by atoms with Crippen LogP contribution < -0.4 is 4.74 Å². The van der Waals surface area contributed by atoms with E-state index < -0.39 is 9.84 Å². The number of rotatable bonds is 6. The molecule has 0 N–H and O–H groups in total. The van der Waals surface area contributed by atoms with E-state index in [1.165, 1.54) is 12.7 Å². The van der Waals surface area contributed by atoms with Gasteiger partial charge in [0, 0.05) is 12.6 Å². The van der Waals surface area contributed by atoms with Crippen LogP contribution in [0.3, 0.4) is 0 Å². The predicted molar refractivity (Wildman–Crippen MR) is 106 cm³/mol. The third kappa shape index (κ3) is 4.50. The van der Waals surface area contributed by atoms with Crippen molar-refractivity contribution in [3.8, 4) is 5.75 Å². The highest BCUT2D eigenvalue weighted by Gasteiger charge is 2.35. The van der Waals surface area contributed by atoms with Crippen molar-refractivity contribution >= 4 is 15.7 Å². The lowest BCUT2D eigenvalue weighted by Crippen LogP contribution is -2.40. The highest BCUT2D eigenvalue weighted by molar-refractivity contribution is 7.91. The molecule has 1 heterocycles. The minimum absolute atomic E-state index is 0.0148. The smallest absolute Gasteiger partial charge is 0.258 e. The molecule has 27 heavy (non-hydrogen) atoms. The number of ether oxygens (including phenoxy) is 1. The fourth-order valence-electron chi connectivity index (χ4n) is 3.44. The first-order valence-corrected chi connectivity index (χ1v) is 11.0. The van der Waals surface area contributed by atoms with E-state index in [0.29, 0.717) is 24.3 Å². The molecule has 5 nitrogen and oxygen atoms in total. The van der Waals surface area contributed by atoms with Crippen LogP contribution in [0.25, 0.3) is 0 Å². The Bertz CT molecular complexity index is 906. The summed E-state index contributed by atoms with van der Waals surface area (Å²) in [4.78, 5) is 15.0. The molecular formula is C21H25NO4S. The highest BCUT2D eigenvalue weighted by atomic mass is 32.2. The zero-order valence-electron chi connectivity index (χ0n) is 15.7. The van der Waals surface area contributed by atoms with Crippen LogP contribution in [0.1, 0.15) is 34.8 Å². The largest absolute Gasteiger partial charge is 0.496 e. The van der Waals surface area contributed by atoms with Gasteiger partial charge in [0.1, 0.15) is 5.75 Å². The molecule has 144 valence electrons. The number of sulfone groups is 1. The van der Waals surface area contributed by atoms with Crippen molar-refractivity contribution in [2.24, 2.45) is 0 Å². The van der Waals surface area contributed by atoms with E-state index >= 15 is 0 Å². The van der Waals surface area contributed by atoms with Crippen LogP contribution in [0.2, 0.25) is 0 Å². The van der Waals surface area contributed by atoms with Crippen LogP contribution >= 0.6 is 0 Å². The fraction of sp³-hybridized carbons (Fsp3) is 0.381. The summed E-state index contributed by atoms with van der Waals surface area (Å²) in [5.41, 5.74) is 2.67. The molecule has 3 rings (SSSR count). The average molecular weight is 388 g/mol. The molecule has 2 aromatic carbocycles. The van der Waals surface area contributed by atoms with E-state index in [1.807, 2.05) is 30.3 Å². The molecular weight excluding hydrogens is 362 g/mol. The van der Waals surface area contributed by atoms with Crippen LogP contribution in [0.4, 0.5) is 0 Å². The van der Waals surface area contributed by atoms with Crippen LogP contribution in [-0.4, -0.2) is 43.9 Å². The molecule has 0 radical (unpaired) electrons. The number of para-hydroxylation sites is 1. The number of amides is 1. The summed E-state index contributed by atoms with van der Waals surface area (Å²) in [5, 5.41) is 0. The van der Waals surface area contributed by atoms with Crippen LogP contribution in [-0.2, 0) is 22.8 Å². The Morgan fingerprint density at radius 1 is 1.11 bits per heavy atom. The summed E-state index contributed by atoms with van der Waals surface area (Å²) < 4.78 is 29.3. The number of hydrogen-bond acceptors (Lipinski definition) is 4.